The van der Waals surface area contributed by atoms with E-state index in [9.17, 15) is 9.90 Å². The van der Waals surface area contributed by atoms with Crippen molar-refractivity contribution in [2.24, 2.45) is 0 Å². The molecule has 0 aliphatic carbocycles. The number of para-hydroxylation sites is 1. The highest BCUT2D eigenvalue weighted by Crippen LogP contribution is 2.35. The quantitative estimate of drug-likeness (QED) is 0.295. The predicted octanol–water partition coefficient (Wildman–Crippen LogP) is 5.53. The summed E-state index contributed by atoms with van der Waals surface area (Å²) in [4.78, 5) is 23.3. The average Bonchev–Trinajstić information content (AvgIpc) is 3.27. The van der Waals surface area contributed by atoms with Crippen molar-refractivity contribution in [2.75, 3.05) is 19.7 Å². The van der Waals surface area contributed by atoms with E-state index in [0.29, 0.717) is 24.1 Å². The summed E-state index contributed by atoms with van der Waals surface area (Å²) in [6.45, 7) is 4.48. The molecular formula is C30H31ClN4O4. The molecule has 2 aromatic carbocycles. The van der Waals surface area contributed by atoms with Crippen molar-refractivity contribution in [1.82, 2.24) is 19.4 Å². The summed E-state index contributed by atoms with van der Waals surface area (Å²) in [7, 11) is 0. The Morgan fingerprint density at radius 3 is 2.64 bits per heavy atom. The number of carbonyl (C=O) groups is 1. The molecule has 2 aliphatic rings. The van der Waals surface area contributed by atoms with Crippen LogP contribution in [0, 0.1) is 0 Å². The van der Waals surface area contributed by atoms with Crippen LogP contribution < -0.4 is 4.74 Å². The number of likely N-dealkylation sites (tertiary alicyclic amines) is 1. The molecule has 2 aromatic heterocycles. The van der Waals surface area contributed by atoms with Gasteiger partial charge in [-0.15, -0.1) is 0 Å². The maximum Gasteiger partial charge on any atom is 0.335 e. The Morgan fingerprint density at radius 2 is 1.92 bits per heavy atom. The van der Waals surface area contributed by atoms with Crippen molar-refractivity contribution in [1.29, 1.82) is 0 Å². The fraction of sp³-hybridized carbons (Fsp3) is 0.367. The standard InChI is InChI=1S/C30H31ClN4O4/c31-22-6-7-23(32-16-22)19-39-28-4-2-1-3-25(28)20-9-12-34(13-10-20)18-29-33-26-8-5-21(30(36)37)15-27(26)35(29)17-24-11-14-38-24/h1-8,15-16,20,24H,9-14,17-19H2,(H,36,37)/t24-/m0/s1. The molecule has 9 heteroatoms. The van der Waals surface area contributed by atoms with Gasteiger partial charge in [0.05, 0.1) is 46.5 Å². The molecule has 39 heavy (non-hydrogen) atoms. The third kappa shape index (κ3) is 5.78. The number of nitrogens with zero attached hydrogens (tertiary/aromatic N) is 4. The van der Waals surface area contributed by atoms with Crippen molar-refractivity contribution >= 4 is 28.6 Å². The van der Waals surface area contributed by atoms with Crippen LogP contribution in [0.25, 0.3) is 11.0 Å². The monoisotopic (exact) mass is 546 g/mol. The molecule has 1 N–H and O–H groups in total. The number of piperidine rings is 1. The number of benzene rings is 2. The Balaban J connectivity index is 1.14. The zero-order valence-corrected chi connectivity index (χ0v) is 22.4. The molecule has 2 fully saturated rings. The van der Waals surface area contributed by atoms with Crippen LogP contribution in [0.15, 0.2) is 60.8 Å². The number of ether oxygens (including phenoxy) is 2. The largest absolute Gasteiger partial charge is 0.487 e. The van der Waals surface area contributed by atoms with Gasteiger partial charge in [-0.3, -0.25) is 9.88 Å². The second kappa shape index (κ2) is 11.3. The second-order valence-electron chi connectivity index (χ2n) is 10.3. The van der Waals surface area contributed by atoms with Crippen molar-refractivity contribution in [3.63, 3.8) is 0 Å². The van der Waals surface area contributed by atoms with Gasteiger partial charge in [-0.2, -0.15) is 0 Å². The third-order valence-corrected chi connectivity index (χ3v) is 7.95. The van der Waals surface area contributed by atoms with Crippen LogP contribution in [0.2, 0.25) is 5.02 Å². The molecule has 202 valence electrons. The van der Waals surface area contributed by atoms with Crippen LogP contribution in [0.1, 0.15) is 52.6 Å². The minimum Gasteiger partial charge on any atom is -0.487 e. The Labute approximate surface area is 232 Å². The molecule has 2 saturated heterocycles. The van der Waals surface area contributed by atoms with Gasteiger partial charge in [0.1, 0.15) is 18.2 Å². The maximum absolute atomic E-state index is 11.6. The van der Waals surface area contributed by atoms with E-state index in [1.165, 1.54) is 5.56 Å². The van der Waals surface area contributed by atoms with Gasteiger partial charge in [-0.25, -0.2) is 9.78 Å². The molecule has 0 amide bonds. The lowest BCUT2D eigenvalue weighted by atomic mass is 9.89. The van der Waals surface area contributed by atoms with E-state index in [2.05, 4.69) is 26.6 Å². The highest BCUT2D eigenvalue weighted by Gasteiger charge is 2.26. The van der Waals surface area contributed by atoms with Gasteiger partial charge < -0.3 is 19.1 Å². The number of carboxylic acid groups (broad SMARTS) is 1. The number of aromatic nitrogens is 3. The minimum absolute atomic E-state index is 0.153. The molecule has 6 rings (SSSR count). The van der Waals surface area contributed by atoms with E-state index >= 15 is 0 Å². The van der Waals surface area contributed by atoms with Crippen LogP contribution >= 0.6 is 11.6 Å². The highest BCUT2D eigenvalue weighted by atomic mass is 35.5. The van der Waals surface area contributed by atoms with Gasteiger partial charge in [0.25, 0.3) is 0 Å². The molecule has 2 aliphatic heterocycles. The number of imidazole rings is 1. The summed E-state index contributed by atoms with van der Waals surface area (Å²) in [5, 5.41) is 10.1. The number of rotatable bonds is 9. The summed E-state index contributed by atoms with van der Waals surface area (Å²) in [6.07, 6.45) is 4.85. The molecule has 0 radical (unpaired) electrons. The zero-order valence-electron chi connectivity index (χ0n) is 21.6. The Bertz CT molecular complexity index is 1460. The first-order valence-corrected chi connectivity index (χ1v) is 13.8. The molecular weight excluding hydrogens is 516 g/mol. The van der Waals surface area contributed by atoms with Crippen molar-refractivity contribution in [3.05, 3.63) is 88.5 Å². The summed E-state index contributed by atoms with van der Waals surface area (Å²) in [6, 6.07) is 17.2. The van der Waals surface area contributed by atoms with Crippen LogP contribution in [0.5, 0.6) is 5.75 Å². The van der Waals surface area contributed by atoms with Gasteiger partial charge in [0.15, 0.2) is 0 Å². The summed E-state index contributed by atoms with van der Waals surface area (Å²) in [5.74, 6) is 1.35. The first kappa shape index (κ1) is 25.8. The van der Waals surface area contributed by atoms with Crippen LogP contribution in [0.4, 0.5) is 0 Å². The van der Waals surface area contributed by atoms with Gasteiger partial charge in [0, 0.05) is 12.8 Å². The fourth-order valence-corrected chi connectivity index (χ4v) is 5.57. The number of hydrogen-bond donors (Lipinski definition) is 1. The lowest BCUT2D eigenvalue weighted by molar-refractivity contribution is -0.0592. The fourth-order valence-electron chi connectivity index (χ4n) is 5.46. The number of pyridine rings is 1. The van der Waals surface area contributed by atoms with E-state index in [-0.39, 0.29) is 11.7 Å². The van der Waals surface area contributed by atoms with Gasteiger partial charge in [0.2, 0.25) is 0 Å². The van der Waals surface area contributed by atoms with Crippen LogP contribution in [-0.2, 0) is 24.4 Å². The van der Waals surface area contributed by atoms with Crippen LogP contribution in [-0.4, -0.2) is 56.3 Å². The Hall–Kier alpha value is -3.46. The number of fused-ring (bicyclic) bond motifs is 1. The maximum atomic E-state index is 11.6. The average molecular weight is 547 g/mol. The topological polar surface area (TPSA) is 89.7 Å². The van der Waals surface area contributed by atoms with Crippen molar-refractivity contribution in [3.8, 4) is 5.75 Å². The first-order chi connectivity index (χ1) is 19.0. The number of aromatic carboxylic acids is 1. The zero-order chi connectivity index (χ0) is 26.8. The SMILES string of the molecule is O=C(O)c1ccc2nc(CN3CCC(c4ccccc4OCc4ccc(Cl)cn4)CC3)n(C[C@@H]3CCO3)c2c1. The van der Waals surface area contributed by atoms with E-state index in [1.54, 1.807) is 18.3 Å². The molecule has 1 atom stereocenters. The molecule has 0 spiro atoms. The number of carboxylic acids is 1. The Kier molecular flexibility index (Phi) is 7.50. The van der Waals surface area contributed by atoms with Crippen molar-refractivity contribution in [2.45, 2.75) is 51.0 Å². The third-order valence-electron chi connectivity index (χ3n) is 7.73. The molecule has 8 nitrogen and oxygen atoms in total. The normalized spacial score (nSPS) is 18.2. The minimum atomic E-state index is -0.929. The summed E-state index contributed by atoms with van der Waals surface area (Å²) >= 11 is 5.96. The smallest absolute Gasteiger partial charge is 0.335 e. The van der Waals surface area contributed by atoms with Crippen molar-refractivity contribution < 1.29 is 19.4 Å². The van der Waals surface area contributed by atoms with E-state index in [4.69, 9.17) is 26.1 Å². The molecule has 0 saturated carbocycles. The molecule has 0 unspecified atom stereocenters. The molecule has 4 heterocycles. The molecule has 0 bridgehead atoms. The summed E-state index contributed by atoms with van der Waals surface area (Å²) in [5.41, 5.74) is 4.04. The number of halogens is 1. The summed E-state index contributed by atoms with van der Waals surface area (Å²) < 4.78 is 14.0. The highest BCUT2D eigenvalue weighted by molar-refractivity contribution is 6.30. The lowest BCUT2D eigenvalue weighted by Gasteiger charge is -2.33. The predicted molar refractivity (Wildman–Crippen MR) is 148 cm³/mol. The van der Waals surface area contributed by atoms with E-state index in [1.807, 2.05) is 30.3 Å². The second-order valence-corrected chi connectivity index (χ2v) is 10.7. The van der Waals surface area contributed by atoms with Gasteiger partial charge >= 0.3 is 5.97 Å². The van der Waals surface area contributed by atoms with Gasteiger partial charge in [-0.1, -0.05) is 29.8 Å². The first-order valence-electron chi connectivity index (χ1n) is 13.4. The number of hydrogen-bond acceptors (Lipinski definition) is 6. The lowest BCUT2D eigenvalue weighted by Crippen LogP contribution is -2.35. The molecule has 4 aromatic rings. The van der Waals surface area contributed by atoms with E-state index in [0.717, 1.165) is 73.8 Å². The van der Waals surface area contributed by atoms with Crippen LogP contribution in [0.3, 0.4) is 0 Å². The Morgan fingerprint density at radius 1 is 1.10 bits per heavy atom. The van der Waals surface area contributed by atoms with E-state index < -0.39 is 5.97 Å². The van der Waals surface area contributed by atoms with Gasteiger partial charge in [-0.05, 0) is 80.2 Å².